The van der Waals surface area contributed by atoms with Gasteiger partial charge in [-0.25, -0.2) is 4.39 Å². The number of ether oxygens (including phenoxy) is 1. The molecular formula is C20H21FN2O3. The highest BCUT2D eigenvalue weighted by Gasteiger charge is 2.24. The van der Waals surface area contributed by atoms with Crippen LogP contribution in [0.25, 0.3) is 0 Å². The average molecular weight is 356 g/mol. The van der Waals surface area contributed by atoms with Crippen LogP contribution in [0.4, 0.5) is 4.39 Å². The van der Waals surface area contributed by atoms with E-state index >= 15 is 0 Å². The van der Waals surface area contributed by atoms with Crippen molar-refractivity contribution in [2.24, 2.45) is 0 Å². The smallest absolute Gasteiger partial charge is 0.242 e. The van der Waals surface area contributed by atoms with Gasteiger partial charge in [0.1, 0.15) is 11.8 Å². The quantitative estimate of drug-likeness (QED) is 0.836. The van der Waals surface area contributed by atoms with Gasteiger partial charge < -0.3 is 15.4 Å². The first-order chi connectivity index (χ1) is 12.6. The molecule has 0 spiro atoms. The fraction of sp³-hybridized carbons (Fsp3) is 0.300. The fourth-order valence-electron chi connectivity index (χ4n) is 2.85. The van der Waals surface area contributed by atoms with E-state index in [1.807, 2.05) is 18.2 Å². The number of piperidine rings is 1. The third kappa shape index (κ3) is 4.81. The minimum absolute atomic E-state index is 0.0903. The molecule has 0 aromatic heterocycles. The van der Waals surface area contributed by atoms with Gasteiger partial charge in [0.15, 0.2) is 11.6 Å². The normalized spacial score (nSPS) is 16.7. The molecule has 3 rings (SSSR count). The second-order valence-electron chi connectivity index (χ2n) is 6.23. The van der Waals surface area contributed by atoms with E-state index in [4.69, 9.17) is 4.74 Å². The van der Waals surface area contributed by atoms with Crippen LogP contribution in [0.3, 0.4) is 0 Å². The molecule has 1 unspecified atom stereocenters. The third-order valence-electron chi connectivity index (χ3n) is 4.23. The lowest BCUT2D eigenvalue weighted by Gasteiger charge is -2.22. The molecule has 1 aliphatic rings. The molecular weight excluding hydrogens is 335 g/mol. The standard InChI is InChI=1S/C20H21FN2O3/c21-16-13-14(9-10-18(16)26-15-5-2-1-3-6-15)11-12-22-20(25)17-7-4-8-19(24)23-17/h1-3,5-6,9-10,13,17H,4,7-8,11-12H2,(H,22,25)(H,23,24). The molecule has 6 heteroatoms. The predicted molar refractivity (Wildman–Crippen MR) is 95.4 cm³/mol. The fourth-order valence-corrected chi connectivity index (χ4v) is 2.85. The Labute approximate surface area is 151 Å². The maximum Gasteiger partial charge on any atom is 0.242 e. The Morgan fingerprint density at radius 1 is 1.23 bits per heavy atom. The second kappa shape index (κ2) is 8.47. The van der Waals surface area contributed by atoms with Gasteiger partial charge in [-0.05, 0) is 49.1 Å². The van der Waals surface area contributed by atoms with E-state index in [0.29, 0.717) is 31.6 Å². The molecule has 1 atom stereocenters. The van der Waals surface area contributed by atoms with Crippen molar-refractivity contribution in [2.45, 2.75) is 31.7 Å². The molecule has 0 radical (unpaired) electrons. The maximum absolute atomic E-state index is 14.2. The molecule has 5 nitrogen and oxygen atoms in total. The number of carbonyl (C=O) groups excluding carboxylic acids is 2. The lowest BCUT2D eigenvalue weighted by Crippen LogP contribution is -2.49. The van der Waals surface area contributed by atoms with Crippen molar-refractivity contribution < 1.29 is 18.7 Å². The number of halogens is 1. The SMILES string of the molecule is O=C1CCCC(C(=O)NCCc2ccc(Oc3ccccc3)c(F)c2)N1. The highest BCUT2D eigenvalue weighted by molar-refractivity contribution is 5.88. The highest BCUT2D eigenvalue weighted by Crippen LogP contribution is 2.25. The van der Waals surface area contributed by atoms with E-state index in [1.54, 1.807) is 24.3 Å². The molecule has 1 saturated heterocycles. The van der Waals surface area contributed by atoms with Gasteiger partial charge >= 0.3 is 0 Å². The number of hydrogen-bond donors (Lipinski definition) is 2. The summed E-state index contributed by atoms with van der Waals surface area (Å²) in [5.74, 6) is 0.00194. The van der Waals surface area contributed by atoms with Crippen molar-refractivity contribution in [2.75, 3.05) is 6.54 Å². The summed E-state index contributed by atoms with van der Waals surface area (Å²) in [6, 6.07) is 13.3. The lowest BCUT2D eigenvalue weighted by atomic mass is 10.0. The Morgan fingerprint density at radius 3 is 2.77 bits per heavy atom. The molecule has 2 aromatic rings. The van der Waals surface area contributed by atoms with Crippen LogP contribution in [0.2, 0.25) is 0 Å². The molecule has 1 aliphatic heterocycles. The molecule has 26 heavy (non-hydrogen) atoms. The van der Waals surface area contributed by atoms with Crippen molar-refractivity contribution in [3.8, 4) is 11.5 Å². The van der Waals surface area contributed by atoms with Crippen LogP contribution in [-0.4, -0.2) is 24.4 Å². The largest absolute Gasteiger partial charge is 0.454 e. The van der Waals surface area contributed by atoms with E-state index in [1.165, 1.54) is 6.07 Å². The Bertz CT molecular complexity index is 780. The van der Waals surface area contributed by atoms with Crippen LogP contribution in [0.1, 0.15) is 24.8 Å². The summed E-state index contributed by atoms with van der Waals surface area (Å²) < 4.78 is 19.7. The first kappa shape index (κ1) is 17.9. The van der Waals surface area contributed by atoms with Gasteiger partial charge in [-0.1, -0.05) is 24.3 Å². The highest BCUT2D eigenvalue weighted by atomic mass is 19.1. The van der Waals surface area contributed by atoms with E-state index in [-0.39, 0.29) is 17.6 Å². The monoisotopic (exact) mass is 356 g/mol. The van der Waals surface area contributed by atoms with Crippen LogP contribution >= 0.6 is 0 Å². The lowest BCUT2D eigenvalue weighted by molar-refractivity contribution is -0.130. The molecule has 1 heterocycles. The van der Waals surface area contributed by atoms with Crippen molar-refractivity contribution in [1.29, 1.82) is 0 Å². The van der Waals surface area contributed by atoms with E-state index in [0.717, 1.165) is 12.0 Å². The molecule has 0 aliphatic carbocycles. The predicted octanol–water partition coefficient (Wildman–Crippen LogP) is 2.95. The van der Waals surface area contributed by atoms with Crippen molar-refractivity contribution in [3.05, 3.63) is 59.9 Å². The Kier molecular flexibility index (Phi) is 5.84. The van der Waals surface area contributed by atoms with Crippen molar-refractivity contribution >= 4 is 11.8 Å². The molecule has 0 bridgehead atoms. The molecule has 0 saturated carbocycles. The van der Waals surface area contributed by atoms with Gasteiger partial charge in [-0.15, -0.1) is 0 Å². The molecule has 136 valence electrons. The molecule has 2 aromatic carbocycles. The number of para-hydroxylation sites is 1. The van der Waals surface area contributed by atoms with Crippen molar-refractivity contribution in [3.63, 3.8) is 0 Å². The summed E-state index contributed by atoms with van der Waals surface area (Å²) >= 11 is 0. The Morgan fingerprint density at radius 2 is 2.04 bits per heavy atom. The summed E-state index contributed by atoms with van der Waals surface area (Å²) in [5.41, 5.74) is 0.760. The molecule has 2 N–H and O–H groups in total. The van der Waals surface area contributed by atoms with E-state index in [9.17, 15) is 14.0 Å². The summed E-state index contributed by atoms with van der Waals surface area (Å²) in [4.78, 5) is 23.4. The summed E-state index contributed by atoms with van der Waals surface area (Å²) in [7, 11) is 0. The third-order valence-corrected chi connectivity index (χ3v) is 4.23. The van der Waals surface area contributed by atoms with Crippen LogP contribution < -0.4 is 15.4 Å². The molecule has 2 amide bonds. The number of hydrogen-bond acceptors (Lipinski definition) is 3. The van der Waals surface area contributed by atoms with Gasteiger partial charge in [-0.2, -0.15) is 0 Å². The van der Waals surface area contributed by atoms with Gasteiger partial charge in [0.25, 0.3) is 0 Å². The number of amides is 2. The molecule has 1 fully saturated rings. The second-order valence-corrected chi connectivity index (χ2v) is 6.23. The zero-order chi connectivity index (χ0) is 18.4. The number of benzene rings is 2. The van der Waals surface area contributed by atoms with Gasteiger partial charge in [-0.3, -0.25) is 9.59 Å². The zero-order valence-corrected chi connectivity index (χ0v) is 14.3. The minimum Gasteiger partial charge on any atom is -0.454 e. The summed E-state index contributed by atoms with van der Waals surface area (Å²) in [5, 5.41) is 5.46. The first-order valence-electron chi connectivity index (χ1n) is 8.70. The minimum atomic E-state index is -0.463. The van der Waals surface area contributed by atoms with Crippen LogP contribution in [0.5, 0.6) is 11.5 Å². The number of rotatable bonds is 6. The van der Waals surface area contributed by atoms with Gasteiger partial charge in [0.05, 0.1) is 0 Å². The van der Waals surface area contributed by atoms with Crippen LogP contribution in [-0.2, 0) is 16.0 Å². The average Bonchev–Trinajstić information content (AvgIpc) is 2.65. The topological polar surface area (TPSA) is 67.4 Å². The van der Waals surface area contributed by atoms with E-state index in [2.05, 4.69) is 10.6 Å². The summed E-state index contributed by atoms with van der Waals surface area (Å²) in [6.07, 6.45) is 2.34. The van der Waals surface area contributed by atoms with Gasteiger partial charge in [0.2, 0.25) is 11.8 Å². The zero-order valence-electron chi connectivity index (χ0n) is 14.3. The number of carbonyl (C=O) groups is 2. The number of nitrogens with one attached hydrogen (secondary N) is 2. The summed E-state index contributed by atoms with van der Waals surface area (Å²) in [6.45, 7) is 0.379. The van der Waals surface area contributed by atoms with Crippen LogP contribution in [0.15, 0.2) is 48.5 Å². The maximum atomic E-state index is 14.2. The van der Waals surface area contributed by atoms with E-state index < -0.39 is 11.9 Å². The van der Waals surface area contributed by atoms with Gasteiger partial charge in [0, 0.05) is 13.0 Å². The Balaban J connectivity index is 1.50. The Hall–Kier alpha value is -2.89. The van der Waals surface area contributed by atoms with Crippen molar-refractivity contribution in [1.82, 2.24) is 10.6 Å². The first-order valence-corrected chi connectivity index (χ1v) is 8.70. The van der Waals surface area contributed by atoms with Crippen LogP contribution in [0, 0.1) is 5.82 Å².